The number of nitrogens with two attached hydrogens (primary N) is 2. The average Bonchev–Trinajstić information content (AvgIpc) is 1.64. The van der Waals surface area contributed by atoms with Crippen molar-refractivity contribution in [2.24, 2.45) is 11.5 Å². The Labute approximate surface area is 64.6 Å². The molecule has 0 saturated carbocycles. The van der Waals surface area contributed by atoms with Crippen LogP contribution in [0.15, 0.2) is 11.5 Å². The Bertz CT molecular complexity index is 153. The van der Waals surface area contributed by atoms with Crippen LogP contribution in [0.1, 0.15) is 13.3 Å². The summed E-state index contributed by atoms with van der Waals surface area (Å²) in [7, 11) is 0. The molecule has 4 N–H and O–H groups in total. The molecule has 0 heterocycles. The predicted molar refractivity (Wildman–Crippen MR) is 39.9 cm³/mol. The van der Waals surface area contributed by atoms with Crippen LogP contribution < -0.4 is 11.5 Å². The van der Waals surface area contributed by atoms with Crippen LogP contribution in [0.2, 0.25) is 0 Å². The summed E-state index contributed by atoms with van der Waals surface area (Å²) in [5, 5.41) is 9.96. The first kappa shape index (κ1) is 11.8. The molecule has 0 aliphatic carbocycles. The minimum absolute atomic E-state index is 0. The van der Waals surface area contributed by atoms with Crippen molar-refractivity contribution in [2.75, 3.05) is 0 Å². The van der Waals surface area contributed by atoms with Gasteiger partial charge >= 0.3 is 0 Å². The van der Waals surface area contributed by atoms with Gasteiger partial charge < -0.3 is 11.5 Å². The summed E-state index contributed by atoms with van der Waals surface area (Å²) in [6, 6.07) is 0. The van der Waals surface area contributed by atoms with Crippen LogP contribution >= 0.6 is 12.4 Å². The first-order valence-corrected chi connectivity index (χ1v) is 2.48. The van der Waals surface area contributed by atoms with Crippen molar-refractivity contribution in [3.05, 3.63) is 21.6 Å². The molecule has 0 spiro atoms. The SMILES string of the molecule is CCC(=C(N)N)[N+](=O)[O-].Cl. The second-order valence-electron chi connectivity index (χ2n) is 1.51. The molecule has 0 amide bonds. The third-order valence-corrected chi connectivity index (χ3v) is 0.889. The zero-order valence-corrected chi connectivity index (χ0v) is 6.35. The Morgan fingerprint density at radius 3 is 2.00 bits per heavy atom. The molecule has 0 aromatic carbocycles. The highest BCUT2D eigenvalue weighted by Gasteiger charge is 2.09. The van der Waals surface area contributed by atoms with Crippen LogP contribution in [-0.2, 0) is 0 Å². The van der Waals surface area contributed by atoms with Gasteiger partial charge in [0, 0.05) is 6.42 Å². The summed E-state index contributed by atoms with van der Waals surface area (Å²) in [4.78, 5) is 9.39. The van der Waals surface area contributed by atoms with Crippen molar-refractivity contribution < 1.29 is 4.92 Å². The molecule has 0 atom stereocenters. The summed E-state index contributed by atoms with van der Waals surface area (Å²) in [5.41, 5.74) is 9.81. The van der Waals surface area contributed by atoms with E-state index < -0.39 is 4.92 Å². The van der Waals surface area contributed by atoms with Gasteiger partial charge in [0.15, 0.2) is 5.82 Å². The fraction of sp³-hybridized carbons (Fsp3) is 0.500. The number of hydrogen-bond acceptors (Lipinski definition) is 4. The molecular formula is C4H10ClN3O2. The van der Waals surface area contributed by atoms with Gasteiger partial charge in [-0.25, -0.2) is 0 Å². The van der Waals surface area contributed by atoms with Gasteiger partial charge in [-0.15, -0.1) is 12.4 Å². The fourth-order valence-electron chi connectivity index (χ4n) is 0.439. The van der Waals surface area contributed by atoms with E-state index in [1.165, 1.54) is 0 Å². The smallest absolute Gasteiger partial charge is 0.285 e. The van der Waals surface area contributed by atoms with Gasteiger partial charge in [-0.2, -0.15) is 0 Å². The highest BCUT2D eigenvalue weighted by Crippen LogP contribution is 1.99. The third kappa shape index (κ3) is 3.13. The van der Waals surface area contributed by atoms with Crippen LogP contribution in [0.25, 0.3) is 0 Å². The van der Waals surface area contributed by atoms with Crippen molar-refractivity contribution in [2.45, 2.75) is 13.3 Å². The lowest BCUT2D eigenvalue weighted by atomic mass is 10.3. The molecule has 0 saturated heterocycles. The molecular weight excluding hydrogens is 158 g/mol. The largest absolute Gasteiger partial charge is 0.380 e. The van der Waals surface area contributed by atoms with E-state index in [1.54, 1.807) is 6.92 Å². The van der Waals surface area contributed by atoms with E-state index in [-0.39, 0.29) is 30.3 Å². The molecule has 10 heavy (non-hydrogen) atoms. The number of hydrogen-bond donors (Lipinski definition) is 2. The molecule has 0 aromatic heterocycles. The second kappa shape index (κ2) is 4.87. The Morgan fingerprint density at radius 2 is 2.00 bits per heavy atom. The first-order valence-electron chi connectivity index (χ1n) is 2.48. The van der Waals surface area contributed by atoms with E-state index in [9.17, 15) is 10.1 Å². The van der Waals surface area contributed by atoms with Gasteiger partial charge in [0.1, 0.15) is 0 Å². The molecule has 5 nitrogen and oxygen atoms in total. The Kier molecular flexibility index (Phi) is 5.73. The van der Waals surface area contributed by atoms with Crippen LogP contribution in [-0.4, -0.2) is 4.92 Å². The Balaban J connectivity index is 0. The standard InChI is InChI=1S/C4H9N3O2.ClH/c1-2-3(4(5)6)7(8)9;/h2,5-6H2,1H3;1H. The summed E-state index contributed by atoms with van der Waals surface area (Å²) < 4.78 is 0. The van der Waals surface area contributed by atoms with E-state index in [0.29, 0.717) is 0 Å². The summed E-state index contributed by atoms with van der Waals surface area (Å²) >= 11 is 0. The maximum absolute atomic E-state index is 9.96. The monoisotopic (exact) mass is 167 g/mol. The third-order valence-electron chi connectivity index (χ3n) is 0.889. The molecule has 60 valence electrons. The molecule has 0 bridgehead atoms. The van der Waals surface area contributed by atoms with Crippen molar-refractivity contribution in [1.29, 1.82) is 0 Å². The van der Waals surface area contributed by atoms with Gasteiger partial charge in [0.05, 0.1) is 4.92 Å². The topological polar surface area (TPSA) is 95.2 Å². The van der Waals surface area contributed by atoms with E-state index >= 15 is 0 Å². The van der Waals surface area contributed by atoms with Crippen LogP contribution in [0.4, 0.5) is 0 Å². The highest BCUT2D eigenvalue weighted by molar-refractivity contribution is 5.85. The molecule has 0 radical (unpaired) electrons. The van der Waals surface area contributed by atoms with E-state index in [2.05, 4.69) is 0 Å². The minimum Gasteiger partial charge on any atom is -0.380 e. The number of nitro groups is 1. The van der Waals surface area contributed by atoms with Crippen molar-refractivity contribution >= 4 is 12.4 Å². The molecule has 0 aliphatic rings. The zero-order chi connectivity index (χ0) is 7.44. The maximum Gasteiger partial charge on any atom is 0.285 e. The summed E-state index contributed by atoms with van der Waals surface area (Å²) in [6.45, 7) is 1.62. The van der Waals surface area contributed by atoms with Gasteiger partial charge in [-0.1, -0.05) is 6.92 Å². The zero-order valence-electron chi connectivity index (χ0n) is 5.53. The molecule has 6 heteroatoms. The number of rotatable bonds is 2. The summed E-state index contributed by atoms with van der Waals surface area (Å²) in [5.74, 6) is -0.206. The fourth-order valence-corrected chi connectivity index (χ4v) is 0.439. The number of nitrogens with zero attached hydrogens (tertiary/aromatic N) is 1. The molecule has 0 aliphatic heterocycles. The molecule has 0 unspecified atom stereocenters. The van der Waals surface area contributed by atoms with E-state index in [4.69, 9.17) is 11.5 Å². The van der Waals surface area contributed by atoms with Crippen LogP contribution in [0.5, 0.6) is 0 Å². The second-order valence-corrected chi connectivity index (χ2v) is 1.51. The van der Waals surface area contributed by atoms with Crippen molar-refractivity contribution in [3.8, 4) is 0 Å². The van der Waals surface area contributed by atoms with Crippen molar-refractivity contribution in [1.82, 2.24) is 0 Å². The maximum atomic E-state index is 9.96. The molecule has 0 rings (SSSR count). The van der Waals surface area contributed by atoms with E-state index in [1.807, 2.05) is 0 Å². The van der Waals surface area contributed by atoms with Crippen LogP contribution in [0.3, 0.4) is 0 Å². The minimum atomic E-state index is -0.574. The van der Waals surface area contributed by atoms with Gasteiger partial charge in [-0.3, -0.25) is 10.1 Å². The van der Waals surface area contributed by atoms with Gasteiger partial charge in [-0.05, 0) is 0 Å². The first-order chi connectivity index (χ1) is 4.09. The quantitative estimate of drug-likeness (QED) is 0.453. The van der Waals surface area contributed by atoms with Crippen molar-refractivity contribution in [3.63, 3.8) is 0 Å². The highest BCUT2D eigenvalue weighted by atomic mass is 35.5. The van der Waals surface area contributed by atoms with E-state index in [0.717, 1.165) is 0 Å². The molecule has 0 fully saturated rings. The Morgan fingerprint density at radius 1 is 1.60 bits per heavy atom. The predicted octanol–water partition coefficient (Wildman–Crippen LogP) is 0.181. The molecule has 0 aromatic rings. The lowest BCUT2D eigenvalue weighted by Crippen LogP contribution is -2.16. The lowest BCUT2D eigenvalue weighted by molar-refractivity contribution is -0.428. The number of allylic oxidation sites excluding steroid dienone is 1. The Hall–Kier alpha value is -0.970. The average molecular weight is 168 g/mol. The normalized spacial score (nSPS) is 7.70. The lowest BCUT2D eigenvalue weighted by Gasteiger charge is -1.93. The van der Waals surface area contributed by atoms with Gasteiger partial charge in [0.2, 0.25) is 0 Å². The number of halogens is 1. The van der Waals surface area contributed by atoms with Crippen LogP contribution in [0, 0.1) is 10.1 Å². The van der Waals surface area contributed by atoms with Gasteiger partial charge in [0.25, 0.3) is 5.70 Å². The summed E-state index contributed by atoms with van der Waals surface area (Å²) in [6.07, 6.45) is 0.259.